The molecule has 208 valence electrons. The largest absolute Gasteiger partial charge is 0.507 e. The van der Waals surface area contributed by atoms with Crippen molar-refractivity contribution in [3.8, 4) is 17.2 Å². The highest BCUT2D eigenvalue weighted by Gasteiger charge is 2.46. The lowest BCUT2D eigenvalue weighted by Crippen LogP contribution is -2.29. The number of rotatable bonds is 9. The third-order valence-electron chi connectivity index (χ3n) is 7.36. The molecule has 0 spiro atoms. The van der Waals surface area contributed by atoms with Gasteiger partial charge in [0, 0.05) is 18.5 Å². The van der Waals surface area contributed by atoms with E-state index in [9.17, 15) is 14.7 Å². The Morgan fingerprint density at radius 3 is 2.55 bits per heavy atom. The van der Waals surface area contributed by atoms with Gasteiger partial charge in [0.15, 0.2) is 11.5 Å². The summed E-state index contributed by atoms with van der Waals surface area (Å²) in [5.74, 6) is 0.747. The van der Waals surface area contributed by atoms with Crippen LogP contribution < -0.4 is 14.2 Å². The zero-order chi connectivity index (χ0) is 28.4. The number of carbonyl (C=O) groups is 2. The van der Waals surface area contributed by atoms with E-state index in [0.29, 0.717) is 41.6 Å². The van der Waals surface area contributed by atoms with Crippen molar-refractivity contribution in [3.05, 3.63) is 94.6 Å². The smallest absolute Gasteiger partial charge is 0.295 e. The van der Waals surface area contributed by atoms with Crippen molar-refractivity contribution in [1.29, 1.82) is 0 Å². The number of amides is 1. The predicted molar refractivity (Wildman–Crippen MR) is 152 cm³/mol. The molecule has 5 rings (SSSR count). The molecular weight excluding hydrogens is 506 g/mol. The molecule has 3 aromatic carbocycles. The molecule has 2 aliphatic rings. The summed E-state index contributed by atoms with van der Waals surface area (Å²) in [6, 6.07) is 19.4. The number of aliphatic hydroxyl groups is 1. The van der Waals surface area contributed by atoms with E-state index < -0.39 is 17.7 Å². The van der Waals surface area contributed by atoms with Crippen LogP contribution in [0.3, 0.4) is 0 Å². The standard InChI is InChI=1S/C33H35NO6/c1-20(2)14-15-39-27-13-10-23(18-28(27)38-4)30-29(31(35)24-11-12-26-25(17-24)16-21(3)40-26)32(36)33(37)34(30)19-22-8-6-5-7-9-22/h5-13,17-18,20-21,30,35H,14-16,19H2,1-4H3. The Hall–Kier alpha value is -4.26. The van der Waals surface area contributed by atoms with E-state index in [1.807, 2.05) is 49.4 Å². The lowest BCUT2D eigenvalue weighted by molar-refractivity contribution is -0.140. The number of nitrogens with zero attached hydrogens (tertiary/aromatic N) is 1. The summed E-state index contributed by atoms with van der Waals surface area (Å²) in [4.78, 5) is 28.5. The van der Waals surface area contributed by atoms with Gasteiger partial charge in [0.25, 0.3) is 11.7 Å². The van der Waals surface area contributed by atoms with Crippen LogP contribution in [0, 0.1) is 5.92 Å². The Bertz CT molecular complexity index is 1440. The number of hydrogen-bond acceptors (Lipinski definition) is 6. The topological polar surface area (TPSA) is 85.3 Å². The molecule has 3 aromatic rings. The second kappa shape index (κ2) is 11.5. The van der Waals surface area contributed by atoms with Gasteiger partial charge in [0.1, 0.15) is 17.6 Å². The van der Waals surface area contributed by atoms with Crippen molar-refractivity contribution in [3.63, 3.8) is 0 Å². The Labute approximate surface area is 235 Å². The van der Waals surface area contributed by atoms with E-state index in [4.69, 9.17) is 14.2 Å². The number of fused-ring (bicyclic) bond motifs is 1. The Balaban J connectivity index is 1.59. The predicted octanol–water partition coefficient (Wildman–Crippen LogP) is 6.07. The Morgan fingerprint density at radius 1 is 1.05 bits per heavy atom. The molecule has 0 saturated carbocycles. The van der Waals surface area contributed by atoms with Crippen LogP contribution in [0.4, 0.5) is 0 Å². The van der Waals surface area contributed by atoms with Crippen LogP contribution in [0.25, 0.3) is 5.76 Å². The highest BCUT2D eigenvalue weighted by molar-refractivity contribution is 6.46. The molecule has 7 heteroatoms. The highest BCUT2D eigenvalue weighted by atomic mass is 16.5. The first-order valence-corrected chi connectivity index (χ1v) is 13.7. The number of benzene rings is 3. The van der Waals surface area contributed by atoms with Crippen molar-refractivity contribution < 1.29 is 28.9 Å². The minimum absolute atomic E-state index is 0.0394. The van der Waals surface area contributed by atoms with Crippen LogP contribution >= 0.6 is 0 Å². The molecule has 1 amide bonds. The van der Waals surface area contributed by atoms with Gasteiger partial charge in [-0.3, -0.25) is 9.59 Å². The lowest BCUT2D eigenvalue weighted by Gasteiger charge is -2.26. The maximum Gasteiger partial charge on any atom is 0.295 e. The molecule has 2 atom stereocenters. The maximum absolute atomic E-state index is 13.5. The number of hydrogen-bond donors (Lipinski definition) is 1. The fraction of sp³-hybridized carbons (Fsp3) is 0.333. The average molecular weight is 542 g/mol. The van der Waals surface area contributed by atoms with Crippen LogP contribution in [-0.2, 0) is 22.6 Å². The van der Waals surface area contributed by atoms with E-state index >= 15 is 0 Å². The van der Waals surface area contributed by atoms with Crippen LogP contribution in [0.15, 0.2) is 72.3 Å². The molecule has 2 aliphatic heterocycles. The second-order valence-electron chi connectivity index (χ2n) is 10.8. The van der Waals surface area contributed by atoms with E-state index in [-0.39, 0.29) is 24.0 Å². The molecule has 0 bridgehead atoms. The zero-order valence-corrected chi connectivity index (χ0v) is 23.3. The zero-order valence-electron chi connectivity index (χ0n) is 23.3. The average Bonchev–Trinajstić information content (AvgIpc) is 3.44. The first-order valence-electron chi connectivity index (χ1n) is 13.7. The number of Topliss-reactive ketones (excluding diaryl/α,β-unsaturated/α-hetero) is 1. The van der Waals surface area contributed by atoms with E-state index in [1.54, 1.807) is 31.4 Å². The van der Waals surface area contributed by atoms with Gasteiger partial charge in [-0.15, -0.1) is 0 Å². The van der Waals surface area contributed by atoms with E-state index in [1.165, 1.54) is 4.90 Å². The fourth-order valence-corrected chi connectivity index (χ4v) is 5.27. The van der Waals surface area contributed by atoms with Crippen molar-refractivity contribution in [2.45, 2.75) is 52.3 Å². The quantitative estimate of drug-likeness (QED) is 0.201. The third kappa shape index (κ3) is 5.41. The summed E-state index contributed by atoms with van der Waals surface area (Å²) in [6.45, 7) is 7.00. The molecule has 0 aromatic heterocycles. The summed E-state index contributed by atoms with van der Waals surface area (Å²) < 4.78 is 17.4. The molecule has 1 saturated heterocycles. The van der Waals surface area contributed by atoms with Gasteiger partial charge < -0.3 is 24.2 Å². The number of ketones is 1. The highest BCUT2D eigenvalue weighted by Crippen LogP contribution is 2.43. The van der Waals surface area contributed by atoms with Crippen molar-refractivity contribution in [2.75, 3.05) is 13.7 Å². The fourth-order valence-electron chi connectivity index (χ4n) is 5.27. The van der Waals surface area contributed by atoms with Gasteiger partial charge >= 0.3 is 0 Å². The molecule has 40 heavy (non-hydrogen) atoms. The summed E-state index contributed by atoms with van der Waals surface area (Å²) in [5, 5.41) is 11.6. The minimum Gasteiger partial charge on any atom is -0.507 e. The minimum atomic E-state index is -0.817. The summed E-state index contributed by atoms with van der Waals surface area (Å²) in [7, 11) is 1.56. The van der Waals surface area contributed by atoms with Gasteiger partial charge in [-0.1, -0.05) is 50.2 Å². The SMILES string of the molecule is COc1cc(C2C(=C(O)c3ccc4c(c3)CC(C)O4)C(=O)C(=O)N2Cc2ccccc2)ccc1OCCC(C)C. The van der Waals surface area contributed by atoms with Crippen LogP contribution in [-0.4, -0.2) is 41.5 Å². The summed E-state index contributed by atoms with van der Waals surface area (Å²) in [6.07, 6.45) is 1.64. The number of methoxy groups -OCH3 is 1. The van der Waals surface area contributed by atoms with Gasteiger partial charge in [0.2, 0.25) is 0 Å². The van der Waals surface area contributed by atoms with Gasteiger partial charge in [-0.25, -0.2) is 0 Å². The number of ether oxygens (including phenoxy) is 3. The van der Waals surface area contributed by atoms with Gasteiger partial charge in [-0.05, 0) is 66.3 Å². The van der Waals surface area contributed by atoms with Crippen LogP contribution in [0.5, 0.6) is 17.2 Å². The van der Waals surface area contributed by atoms with E-state index in [0.717, 1.165) is 23.3 Å². The third-order valence-corrected chi connectivity index (χ3v) is 7.36. The van der Waals surface area contributed by atoms with Gasteiger partial charge in [0.05, 0.1) is 25.3 Å². The molecule has 2 unspecified atom stereocenters. The number of aliphatic hydroxyl groups excluding tert-OH is 1. The normalized spacial score (nSPS) is 19.6. The molecule has 2 heterocycles. The van der Waals surface area contributed by atoms with Crippen molar-refractivity contribution in [2.24, 2.45) is 5.92 Å². The Kier molecular flexibility index (Phi) is 7.83. The van der Waals surface area contributed by atoms with Crippen molar-refractivity contribution in [1.82, 2.24) is 4.90 Å². The van der Waals surface area contributed by atoms with Crippen LogP contribution in [0.2, 0.25) is 0 Å². The molecular formula is C33H35NO6. The number of carbonyl (C=O) groups excluding carboxylic acids is 2. The number of likely N-dealkylation sites (tertiary alicyclic amines) is 1. The van der Waals surface area contributed by atoms with Crippen molar-refractivity contribution >= 4 is 17.4 Å². The Morgan fingerprint density at radius 2 is 1.82 bits per heavy atom. The molecule has 7 nitrogen and oxygen atoms in total. The first kappa shape index (κ1) is 27.3. The second-order valence-corrected chi connectivity index (χ2v) is 10.8. The molecule has 0 aliphatic carbocycles. The van der Waals surface area contributed by atoms with Crippen LogP contribution in [0.1, 0.15) is 55.5 Å². The lowest BCUT2D eigenvalue weighted by atomic mass is 9.94. The summed E-state index contributed by atoms with van der Waals surface area (Å²) in [5.41, 5.74) is 2.99. The molecule has 1 N–H and O–H groups in total. The molecule has 0 radical (unpaired) electrons. The first-order chi connectivity index (χ1) is 19.3. The molecule has 1 fully saturated rings. The van der Waals surface area contributed by atoms with Gasteiger partial charge in [-0.2, -0.15) is 0 Å². The summed E-state index contributed by atoms with van der Waals surface area (Å²) >= 11 is 0. The van der Waals surface area contributed by atoms with E-state index in [2.05, 4.69) is 13.8 Å². The monoisotopic (exact) mass is 541 g/mol. The maximum atomic E-state index is 13.5.